The van der Waals surface area contributed by atoms with Gasteiger partial charge in [-0.15, -0.1) is 0 Å². The van der Waals surface area contributed by atoms with Crippen LogP contribution in [0.1, 0.15) is 45.4 Å². The average molecular weight is 246 g/mol. The van der Waals surface area contributed by atoms with Gasteiger partial charge < -0.3 is 4.74 Å². The van der Waals surface area contributed by atoms with Gasteiger partial charge in [0.25, 0.3) is 0 Å². The van der Waals surface area contributed by atoms with E-state index in [1.807, 2.05) is 0 Å². The van der Waals surface area contributed by atoms with Crippen LogP contribution in [-0.4, -0.2) is 12.6 Å². The van der Waals surface area contributed by atoms with Gasteiger partial charge in [0, 0.05) is 5.57 Å². The first-order valence-corrected chi connectivity index (χ1v) is 7.40. The Balaban J connectivity index is 1.40. The van der Waals surface area contributed by atoms with Gasteiger partial charge in [-0.3, -0.25) is 0 Å². The highest BCUT2D eigenvalue weighted by Crippen LogP contribution is 2.89. The lowest BCUT2D eigenvalue weighted by atomic mass is 9.44. The maximum atomic E-state index is 11.4. The largest absolute Gasteiger partial charge is 0.462 e. The molecule has 2 heteroatoms. The highest BCUT2D eigenvalue weighted by atomic mass is 16.5. The van der Waals surface area contributed by atoms with Crippen molar-refractivity contribution in [2.75, 3.05) is 6.61 Å². The van der Waals surface area contributed by atoms with Crippen LogP contribution < -0.4 is 0 Å². The van der Waals surface area contributed by atoms with Crippen molar-refractivity contribution in [3.8, 4) is 0 Å². The summed E-state index contributed by atoms with van der Waals surface area (Å²) >= 11 is 0. The molecule has 0 radical (unpaired) electrons. The molecule has 0 N–H and O–H groups in total. The van der Waals surface area contributed by atoms with E-state index in [0.717, 1.165) is 29.6 Å². The van der Waals surface area contributed by atoms with Crippen molar-refractivity contribution in [2.45, 2.75) is 45.4 Å². The summed E-state index contributed by atoms with van der Waals surface area (Å²) < 4.78 is 5.31. The minimum Gasteiger partial charge on any atom is -0.462 e. The van der Waals surface area contributed by atoms with E-state index in [2.05, 4.69) is 6.58 Å². The maximum Gasteiger partial charge on any atom is 0.333 e. The molecule has 3 atom stereocenters. The van der Waals surface area contributed by atoms with Gasteiger partial charge >= 0.3 is 5.97 Å². The van der Waals surface area contributed by atoms with Crippen molar-refractivity contribution in [1.82, 2.24) is 0 Å². The molecule has 0 saturated heterocycles. The average Bonchev–Trinajstić information content (AvgIpc) is 3.02. The second kappa shape index (κ2) is 3.20. The Morgan fingerprint density at radius 1 is 1.33 bits per heavy atom. The first-order chi connectivity index (χ1) is 8.57. The molecule has 1 spiro atoms. The third kappa shape index (κ3) is 1.13. The molecule has 98 valence electrons. The fourth-order valence-corrected chi connectivity index (χ4v) is 5.99. The molecule has 6 aliphatic rings. The number of ether oxygens (including phenoxy) is 1. The quantitative estimate of drug-likeness (QED) is 0.562. The van der Waals surface area contributed by atoms with E-state index in [-0.39, 0.29) is 5.97 Å². The van der Waals surface area contributed by atoms with E-state index in [1.165, 1.54) is 32.1 Å². The van der Waals surface area contributed by atoms with Crippen LogP contribution in [0, 0.1) is 28.6 Å². The summed E-state index contributed by atoms with van der Waals surface area (Å²) in [6.07, 6.45) is 8.48. The number of esters is 1. The fraction of sp³-hybridized carbons (Fsp3) is 0.812. The number of carbonyl (C=O) groups is 1. The predicted octanol–water partition coefficient (Wildman–Crippen LogP) is 3.32. The van der Waals surface area contributed by atoms with Crippen molar-refractivity contribution in [3.05, 3.63) is 12.2 Å². The summed E-state index contributed by atoms with van der Waals surface area (Å²) in [6, 6.07) is 0. The lowest BCUT2D eigenvalue weighted by Crippen LogP contribution is -2.53. The lowest BCUT2D eigenvalue weighted by Gasteiger charge is -2.61. The Bertz CT molecular complexity index is 426. The first-order valence-electron chi connectivity index (χ1n) is 7.40. The van der Waals surface area contributed by atoms with Gasteiger partial charge in [0.05, 0.1) is 6.61 Å². The zero-order valence-corrected chi connectivity index (χ0v) is 11.2. The molecular formula is C16H22O2. The summed E-state index contributed by atoms with van der Waals surface area (Å²) in [4.78, 5) is 11.4. The second-order valence-corrected chi connectivity index (χ2v) is 7.33. The van der Waals surface area contributed by atoms with Gasteiger partial charge in [0.2, 0.25) is 0 Å². The first kappa shape index (κ1) is 11.1. The van der Waals surface area contributed by atoms with Crippen molar-refractivity contribution in [2.24, 2.45) is 28.6 Å². The molecule has 3 unspecified atom stereocenters. The van der Waals surface area contributed by atoms with Gasteiger partial charge in [-0.05, 0) is 74.0 Å². The highest BCUT2D eigenvalue weighted by molar-refractivity contribution is 5.86. The normalized spacial score (nSPS) is 50.2. The zero-order valence-electron chi connectivity index (χ0n) is 11.2. The molecule has 0 aromatic carbocycles. The summed E-state index contributed by atoms with van der Waals surface area (Å²) in [7, 11) is 0. The van der Waals surface area contributed by atoms with E-state index in [4.69, 9.17) is 4.74 Å². The van der Waals surface area contributed by atoms with Gasteiger partial charge in [0.15, 0.2) is 0 Å². The van der Waals surface area contributed by atoms with Crippen molar-refractivity contribution in [1.29, 1.82) is 0 Å². The molecule has 0 heterocycles. The summed E-state index contributed by atoms with van der Waals surface area (Å²) in [5.74, 6) is 2.85. The smallest absolute Gasteiger partial charge is 0.333 e. The lowest BCUT2D eigenvalue weighted by molar-refractivity contribution is -0.143. The molecule has 0 aromatic heterocycles. The highest BCUT2D eigenvalue weighted by Gasteiger charge is 2.81. The van der Waals surface area contributed by atoms with Crippen LogP contribution >= 0.6 is 0 Å². The molecule has 6 rings (SSSR count). The van der Waals surface area contributed by atoms with Crippen LogP contribution in [0.15, 0.2) is 12.2 Å². The molecule has 18 heavy (non-hydrogen) atoms. The molecule has 2 nitrogen and oxygen atoms in total. The van der Waals surface area contributed by atoms with Gasteiger partial charge in [0.1, 0.15) is 0 Å². The van der Waals surface area contributed by atoms with Gasteiger partial charge in [-0.25, -0.2) is 4.79 Å². The second-order valence-electron chi connectivity index (χ2n) is 7.33. The third-order valence-electron chi connectivity index (χ3n) is 6.60. The van der Waals surface area contributed by atoms with Gasteiger partial charge in [-0.2, -0.15) is 0 Å². The Kier molecular flexibility index (Phi) is 1.97. The maximum absolute atomic E-state index is 11.4. The molecule has 6 fully saturated rings. The zero-order chi connectivity index (χ0) is 12.5. The number of hydrogen-bond acceptors (Lipinski definition) is 2. The van der Waals surface area contributed by atoms with E-state index in [1.54, 1.807) is 6.92 Å². The molecule has 6 saturated carbocycles. The Hall–Kier alpha value is -0.790. The van der Waals surface area contributed by atoms with Crippen molar-refractivity contribution >= 4 is 5.97 Å². The molecule has 0 amide bonds. The summed E-state index contributed by atoms with van der Waals surface area (Å²) in [5.41, 5.74) is 1.82. The molecule has 0 aromatic rings. The standard InChI is InChI=1S/C16H22O2/c1-10(2)14(17)18-4-3-15-8-11-5-12-7-13(6-11)16(12,15)9-15/h11-13H,1,3-9H2,2H3. The van der Waals surface area contributed by atoms with Crippen LogP contribution in [0.2, 0.25) is 0 Å². The number of carbonyl (C=O) groups excluding carboxylic acids is 1. The van der Waals surface area contributed by atoms with Crippen LogP contribution in [0.5, 0.6) is 0 Å². The van der Waals surface area contributed by atoms with Crippen molar-refractivity contribution < 1.29 is 9.53 Å². The minimum atomic E-state index is -0.216. The Morgan fingerprint density at radius 3 is 2.72 bits per heavy atom. The molecule has 4 bridgehead atoms. The van der Waals surface area contributed by atoms with Crippen LogP contribution in [0.4, 0.5) is 0 Å². The van der Waals surface area contributed by atoms with E-state index < -0.39 is 0 Å². The van der Waals surface area contributed by atoms with Gasteiger partial charge in [-0.1, -0.05) is 6.58 Å². The Morgan fingerprint density at radius 2 is 2.06 bits per heavy atom. The number of rotatable bonds is 4. The van der Waals surface area contributed by atoms with Crippen LogP contribution in [0.25, 0.3) is 0 Å². The topological polar surface area (TPSA) is 26.3 Å². The van der Waals surface area contributed by atoms with E-state index >= 15 is 0 Å². The van der Waals surface area contributed by atoms with E-state index in [0.29, 0.717) is 17.6 Å². The monoisotopic (exact) mass is 246 g/mol. The Labute approximate surface area is 109 Å². The molecular weight excluding hydrogens is 224 g/mol. The molecule has 6 aliphatic carbocycles. The fourth-order valence-electron chi connectivity index (χ4n) is 5.99. The molecule has 0 aliphatic heterocycles. The van der Waals surface area contributed by atoms with Crippen LogP contribution in [0.3, 0.4) is 0 Å². The van der Waals surface area contributed by atoms with E-state index in [9.17, 15) is 4.79 Å². The summed E-state index contributed by atoms with van der Waals surface area (Å²) in [6.45, 7) is 5.96. The minimum absolute atomic E-state index is 0.216. The predicted molar refractivity (Wildman–Crippen MR) is 68.8 cm³/mol. The number of hydrogen-bond donors (Lipinski definition) is 0. The van der Waals surface area contributed by atoms with Crippen molar-refractivity contribution in [3.63, 3.8) is 0 Å². The summed E-state index contributed by atoms with van der Waals surface area (Å²) in [5, 5.41) is 0. The third-order valence-corrected chi connectivity index (χ3v) is 6.60. The SMILES string of the molecule is C=C(C)C(=O)OCCC12CC3CC4CC(C3)C41C2. The van der Waals surface area contributed by atoms with Crippen LogP contribution in [-0.2, 0) is 9.53 Å².